The molecular formula is C15H36O3Si3. The van der Waals surface area contributed by atoms with E-state index in [0.717, 1.165) is 0 Å². The van der Waals surface area contributed by atoms with Crippen LogP contribution < -0.4 is 0 Å². The summed E-state index contributed by atoms with van der Waals surface area (Å²) in [5, 5.41) is 0. The van der Waals surface area contributed by atoms with Crippen LogP contribution in [0.1, 0.15) is 13.8 Å². The van der Waals surface area contributed by atoms with Crippen LogP contribution >= 0.6 is 0 Å². The van der Waals surface area contributed by atoms with Gasteiger partial charge in [0.2, 0.25) is 8.32 Å². The monoisotopic (exact) mass is 348 g/mol. The number of hydrogen-bond acceptors (Lipinski definition) is 3. The normalized spacial score (nSPS) is 16.8. The van der Waals surface area contributed by atoms with E-state index in [4.69, 9.17) is 8.85 Å². The molecule has 0 saturated heterocycles. The number of carbonyl (C=O) groups excluding carboxylic acids is 1. The van der Waals surface area contributed by atoms with E-state index in [-0.39, 0.29) is 17.6 Å². The van der Waals surface area contributed by atoms with Gasteiger partial charge in [-0.15, -0.1) is 0 Å². The molecule has 0 bridgehead atoms. The van der Waals surface area contributed by atoms with E-state index in [1.807, 2.05) is 0 Å². The first-order valence-electron chi connectivity index (χ1n) is 7.95. The Balaban J connectivity index is 5.51. The third-order valence-corrected chi connectivity index (χ3v) is 7.29. The largest absolute Gasteiger partial charge is 0.520 e. The van der Waals surface area contributed by atoms with Crippen LogP contribution in [0.3, 0.4) is 0 Å². The summed E-state index contributed by atoms with van der Waals surface area (Å²) in [5.74, 6) is 0.299. The average Bonchev–Trinajstić information content (AvgIpc) is 2.08. The predicted octanol–water partition coefficient (Wildman–Crippen LogP) is 4.95. The Morgan fingerprint density at radius 3 is 1.48 bits per heavy atom. The van der Waals surface area contributed by atoms with Gasteiger partial charge in [0.05, 0.1) is 19.7 Å². The quantitative estimate of drug-likeness (QED) is 0.611. The Labute approximate surface area is 135 Å². The molecule has 0 amide bonds. The SMILES string of the molecule is CC(C)[C@H](O[Si](C)(C)C)[C@@H](C(=O)O[Si](C)(C)C)[Si](C)(C)C. The van der Waals surface area contributed by atoms with Gasteiger partial charge in [-0.1, -0.05) is 33.5 Å². The van der Waals surface area contributed by atoms with Crippen LogP contribution in [0.5, 0.6) is 0 Å². The molecule has 0 spiro atoms. The lowest BCUT2D eigenvalue weighted by Gasteiger charge is -2.40. The maximum atomic E-state index is 12.8. The number of carbonyl (C=O) groups is 1. The summed E-state index contributed by atoms with van der Waals surface area (Å²) in [6.45, 7) is 23.8. The minimum Gasteiger partial charge on any atom is -0.520 e. The summed E-state index contributed by atoms with van der Waals surface area (Å²) >= 11 is 0. The first-order valence-corrected chi connectivity index (χ1v) is 18.3. The van der Waals surface area contributed by atoms with Crippen molar-refractivity contribution in [1.82, 2.24) is 0 Å². The summed E-state index contributed by atoms with van der Waals surface area (Å²) < 4.78 is 12.3. The molecule has 126 valence electrons. The highest BCUT2D eigenvalue weighted by Gasteiger charge is 2.44. The van der Waals surface area contributed by atoms with Crippen molar-refractivity contribution in [2.45, 2.75) is 84.4 Å². The van der Waals surface area contributed by atoms with E-state index in [1.54, 1.807) is 0 Å². The molecule has 0 heterocycles. The molecule has 2 atom stereocenters. The molecule has 0 aliphatic rings. The van der Waals surface area contributed by atoms with Crippen LogP contribution in [0.25, 0.3) is 0 Å². The fourth-order valence-corrected chi connectivity index (χ4v) is 6.76. The molecule has 0 aromatic heterocycles. The van der Waals surface area contributed by atoms with Gasteiger partial charge in [0, 0.05) is 0 Å². The van der Waals surface area contributed by atoms with Gasteiger partial charge in [0.25, 0.3) is 5.97 Å². The minimum atomic E-state index is -1.87. The van der Waals surface area contributed by atoms with E-state index in [9.17, 15) is 4.79 Å². The average molecular weight is 349 g/mol. The Morgan fingerprint density at radius 1 is 0.810 bits per heavy atom. The molecule has 0 fully saturated rings. The van der Waals surface area contributed by atoms with Gasteiger partial charge >= 0.3 is 0 Å². The molecule has 6 heteroatoms. The van der Waals surface area contributed by atoms with Crippen LogP contribution in [0.4, 0.5) is 0 Å². The van der Waals surface area contributed by atoms with E-state index in [2.05, 4.69) is 72.8 Å². The summed E-state index contributed by atoms with van der Waals surface area (Å²) in [5.41, 5.74) is -0.0871. The Hall–Kier alpha value is 0.0806. The van der Waals surface area contributed by atoms with Gasteiger partial charge in [-0.2, -0.15) is 0 Å². The van der Waals surface area contributed by atoms with Crippen LogP contribution in [-0.4, -0.2) is 36.8 Å². The van der Waals surface area contributed by atoms with Gasteiger partial charge in [-0.25, -0.2) is 0 Å². The molecular weight excluding hydrogens is 312 g/mol. The Morgan fingerprint density at radius 2 is 1.24 bits per heavy atom. The Kier molecular flexibility index (Phi) is 7.13. The van der Waals surface area contributed by atoms with Gasteiger partial charge in [-0.3, -0.25) is 4.79 Å². The highest BCUT2D eigenvalue weighted by Crippen LogP contribution is 2.35. The minimum absolute atomic E-state index is 0.0211. The first kappa shape index (κ1) is 21.1. The number of hydrogen-bond donors (Lipinski definition) is 0. The van der Waals surface area contributed by atoms with Gasteiger partial charge in [0.1, 0.15) is 0 Å². The van der Waals surface area contributed by atoms with Crippen molar-refractivity contribution in [2.75, 3.05) is 0 Å². The molecule has 0 radical (unpaired) electrons. The van der Waals surface area contributed by atoms with Crippen molar-refractivity contribution in [3.63, 3.8) is 0 Å². The molecule has 0 rings (SSSR count). The van der Waals surface area contributed by atoms with Crippen LogP contribution in [0.15, 0.2) is 0 Å². The van der Waals surface area contributed by atoms with E-state index in [1.165, 1.54) is 0 Å². The van der Waals surface area contributed by atoms with Crippen LogP contribution in [0.2, 0.25) is 64.5 Å². The second-order valence-electron chi connectivity index (χ2n) is 9.32. The third-order valence-electron chi connectivity index (χ3n) is 3.07. The van der Waals surface area contributed by atoms with Crippen molar-refractivity contribution in [3.05, 3.63) is 0 Å². The topological polar surface area (TPSA) is 35.5 Å². The molecule has 0 unspecified atom stereocenters. The third kappa shape index (κ3) is 8.33. The van der Waals surface area contributed by atoms with Crippen LogP contribution in [0, 0.1) is 5.92 Å². The second-order valence-corrected chi connectivity index (χ2v) is 23.6. The van der Waals surface area contributed by atoms with Crippen molar-refractivity contribution in [3.8, 4) is 0 Å². The van der Waals surface area contributed by atoms with Crippen molar-refractivity contribution in [1.29, 1.82) is 0 Å². The lowest BCUT2D eigenvalue weighted by Crippen LogP contribution is -2.50. The predicted molar refractivity (Wildman–Crippen MR) is 99.6 cm³/mol. The molecule has 0 aliphatic heterocycles. The van der Waals surface area contributed by atoms with Gasteiger partial charge in [-0.05, 0) is 45.2 Å². The van der Waals surface area contributed by atoms with Gasteiger partial charge in [0.15, 0.2) is 8.32 Å². The fourth-order valence-electron chi connectivity index (χ4n) is 2.34. The molecule has 21 heavy (non-hydrogen) atoms. The lowest BCUT2D eigenvalue weighted by atomic mass is 10.0. The van der Waals surface area contributed by atoms with Crippen molar-refractivity contribution < 1.29 is 13.6 Å². The molecule has 3 nitrogen and oxygen atoms in total. The van der Waals surface area contributed by atoms with Crippen LogP contribution in [-0.2, 0) is 13.6 Å². The summed E-state index contributed by atoms with van der Waals surface area (Å²) in [6.07, 6.45) is -0.0211. The molecule has 0 saturated carbocycles. The van der Waals surface area contributed by atoms with Gasteiger partial charge < -0.3 is 8.85 Å². The van der Waals surface area contributed by atoms with Crippen molar-refractivity contribution >= 4 is 30.7 Å². The zero-order valence-corrected chi connectivity index (χ0v) is 19.0. The summed E-state index contributed by atoms with van der Waals surface area (Å²) in [7, 11) is -5.31. The highest BCUT2D eigenvalue weighted by atomic mass is 28.4. The smallest absolute Gasteiger partial charge is 0.295 e. The molecule has 0 aliphatic carbocycles. The molecule has 0 N–H and O–H groups in total. The zero-order chi connectivity index (χ0) is 17.2. The van der Waals surface area contributed by atoms with E-state index < -0.39 is 24.7 Å². The standard InChI is InChI=1S/C15H36O3Si3/c1-12(2)13(17-20(6,7)8)14(19(3,4)5)15(16)18-21(9,10)11/h12-14H,1-11H3/t13-,14-/m0/s1. The van der Waals surface area contributed by atoms with E-state index in [0.29, 0.717) is 5.92 Å². The maximum Gasteiger partial charge on any atom is 0.295 e. The van der Waals surface area contributed by atoms with Crippen molar-refractivity contribution in [2.24, 2.45) is 5.92 Å². The highest BCUT2D eigenvalue weighted by molar-refractivity contribution is 6.81. The Bertz CT molecular complexity index is 349. The molecule has 0 aromatic rings. The summed E-state index contributed by atoms with van der Waals surface area (Å²) in [4.78, 5) is 12.8. The fraction of sp³-hybridized carbons (Fsp3) is 0.933. The first-order chi connectivity index (χ1) is 9.04. The zero-order valence-electron chi connectivity index (χ0n) is 16.0. The maximum absolute atomic E-state index is 12.8. The number of rotatable bonds is 7. The molecule has 0 aromatic carbocycles. The second kappa shape index (κ2) is 7.10. The summed E-state index contributed by atoms with van der Waals surface area (Å²) in [6, 6.07) is 0. The lowest BCUT2D eigenvalue weighted by molar-refractivity contribution is -0.137. The van der Waals surface area contributed by atoms with E-state index >= 15 is 0 Å².